The first-order valence-electron chi connectivity index (χ1n) is 8.47. The number of carbonyl (C=O) groups excluding carboxylic acids is 1. The monoisotopic (exact) mass is 379 g/mol. The van der Waals surface area contributed by atoms with E-state index < -0.39 is 0 Å². The summed E-state index contributed by atoms with van der Waals surface area (Å²) in [4.78, 5) is 26.0. The van der Waals surface area contributed by atoms with Gasteiger partial charge in [-0.1, -0.05) is 19.0 Å². The van der Waals surface area contributed by atoms with E-state index in [9.17, 15) is 4.79 Å². The minimum absolute atomic E-state index is 0.156. The van der Waals surface area contributed by atoms with Crippen molar-refractivity contribution in [1.82, 2.24) is 20.1 Å². The molecule has 0 bridgehead atoms. The van der Waals surface area contributed by atoms with E-state index in [0.29, 0.717) is 27.5 Å². The van der Waals surface area contributed by atoms with Crippen LogP contribution in [0.5, 0.6) is 0 Å². The van der Waals surface area contributed by atoms with Gasteiger partial charge in [0, 0.05) is 29.0 Å². The summed E-state index contributed by atoms with van der Waals surface area (Å²) < 4.78 is 5.28. The Bertz CT molecular complexity index is 1120. The zero-order valence-corrected chi connectivity index (χ0v) is 15.9. The number of hydrogen-bond donors (Lipinski definition) is 1. The number of pyridine rings is 2. The first-order chi connectivity index (χ1) is 13.0. The Labute approximate surface area is 159 Å². The van der Waals surface area contributed by atoms with Crippen molar-refractivity contribution < 1.29 is 9.32 Å². The largest absolute Gasteiger partial charge is 0.336 e. The molecule has 4 heterocycles. The molecule has 4 aromatic rings. The number of thiazole rings is 1. The molecule has 0 radical (unpaired) electrons. The lowest BCUT2D eigenvalue weighted by molar-refractivity contribution is 0.102. The number of carbonyl (C=O) groups is 1. The van der Waals surface area contributed by atoms with Crippen molar-refractivity contribution in [2.24, 2.45) is 0 Å². The standard InChI is InChI=1S/C19H17N5O2S/c1-10(2)14-7-13(16-11(3)24-26-18(16)21-14)17(25)23-19-22-15(9-27-19)12-5-4-6-20-8-12/h4-10H,1-3H3,(H,22,23,25). The highest BCUT2D eigenvalue weighted by Gasteiger charge is 2.20. The smallest absolute Gasteiger partial charge is 0.259 e. The summed E-state index contributed by atoms with van der Waals surface area (Å²) in [5.41, 5.74) is 3.94. The Morgan fingerprint density at radius 2 is 2.15 bits per heavy atom. The highest BCUT2D eigenvalue weighted by Crippen LogP contribution is 2.28. The van der Waals surface area contributed by atoms with E-state index in [-0.39, 0.29) is 11.8 Å². The number of amides is 1. The van der Waals surface area contributed by atoms with Crippen LogP contribution in [-0.4, -0.2) is 26.0 Å². The van der Waals surface area contributed by atoms with Gasteiger partial charge in [-0.05, 0) is 31.0 Å². The van der Waals surface area contributed by atoms with E-state index in [2.05, 4.69) is 25.4 Å². The number of aryl methyl sites for hydroxylation is 1. The summed E-state index contributed by atoms with van der Waals surface area (Å²) in [5.74, 6) is -0.105. The zero-order valence-electron chi connectivity index (χ0n) is 15.1. The molecule has 136 valence electrons. The molecule has 1 N–H and O–H groups in total. The van der Waals surface area contributed by atoms with Crippen molar-refractivity contribution in [2.45, 2.75) is 26.7 Å². The van der Waals surface area contributed by atoms with Crippen molar-refractivity contribution in [1.29, 1.82) is 0 Å². The van der Waals surface area contributed by atoms with Gasteiger partial charge in [-0.25, -0.2) is 9.97 Å². The number of anilines is 1. The Balaban J connectivity index is 1.67. The zero-order chi connectivity index (χ0) is 19.0. The molecule has 0 aromatic carbocycles. The molecule has 0 saturated heterocycles. The molecular formula is C19H17N5O2S. The van der Waals surface area contributed by atoms with Crippen LogP contribution in [0.15, 0.2) is 40.5 Å². The molecule has 0 unspecified atom stereocenters. The van der Waals surface area contributed by atoms with Crippen LogP contribution in [0.3, 0.4) is 0 Å². The van der Waals surface area contributed by atoms with E-state index in [1.807, 2.05) is 31.4 Å². The van der Waals surface area contributed by atoms with Gasteiger partial charge in [-0.2, -0.15) is 0 Å². The van der Waals surface area contributed by atoms with Crippen LogP contribution < -0.4 is 5.32 Å². The molecule has 1 amide bonds. The van der Waals surface area contributed by atoms with Crippen LogP contribution in [-0.2, 0) is 0 Å². The second-order valence-corrected chi connectivity index (χ2v) is 7.29. The Morgan fingerprint density at radius 3 is 2.89 bits per heavy atom. The Morgan fingerprint density at radius 1 is 1.30 bits per heavy atom. The third-order valence-electron chi connectivity index (χ3n) is 4.16. The number of nitrogens with zero attached hydrogens (tertiary/aromatic N) is 4. The molecule has 27 heavy (non-hydrogen) atoms. The minimum Gasteiger partial charge on any atom is -0.336 e. The fourth-order valence-electron chi connectivity index (χ4n) is 2.73. The molecule has 0 fully saturated rings. The third-order valence-corrected chi connectivity index (χ3v) is 4.91. The Kier molecular flexibility index (Phi) is 4.41. The molecule has 0 aliphatic heterocycles. The maximum atomic E-state index is 12.9. The van der Waals surface area contributed by atoms with Crippen molar-refractivity contribution in [3.63, 3.8) is 0 Å². The first kappa shape index (κ1) is 17.3. The summed E-state index contributed by atoms with van der Waals surface area (Å²) in [6.07, 6.45) is 3.45. The van der Waals surface area contributed by atoms with E-state index in [0.717, 1.165) is 17.0 Å². The minimum atomic E-state index is -0.261. The predicted molar refractivity (Wildman–Crippen MR) is 104 cm³/mol. The SMILES string of the molecule is Cc1noc2nc(C(C)C)cc(C(=O)Nc3nc(-c4cccnc4)cs3)c12. The maximum absolute atomic E-state index is 12.9. The first-order valence-corrected chi connectivity index (χ1v) is 9.35. The molecule has 0 atom stereocenters. The summed E-state index contributed by atoms with van der Waals surface area (Å²) >= 11 is 1.36. The third kappa shape index (κ3) is 3.31. The molecule has 0 aliphatic carbocycles. The normalized spacial score (nSPS) is 11.3. The van der Waals surface area contributed by atoms with Gasteiger partial charge in [0.1, 0.15) is 0 Å². The molecule has 8 heteroatoms. The van der Waals surface area contributed by atoms with Gasteiger partial charge in [0.2, 0.25) is 0 Å². The Hall–Kier alpha value is -3.13. The van der Waals surface area contributed by atoms with Crippen molar-refractivity contribution in [2.75, 3.05) is 5.32 Å². The second-order valence-electron chi connectivity index (χ2n) is 6.43. The molecule has 4 aromatic heterocycles. The van der Waals surface area contributed by atoms with Gasteiger partial charge >= 0.3 is 0 Å². The fraction of sp³-hybridized carbons (Fsp3) is 0.211. The highest BCUT2D eigenvalue weighted by atomic mass is 32.1. The lowest BCUT2D eigenvalue weighted by Gasteiger charge is -2.08. The van der Waals surface area contributed by atoms with E-state index in [1.54, 1.807) is 25.4 Å². The molecule has 7 nitrogen and oxygen atoms in total. The number of aromatic nitrogens is 4. The molecule has 0 spiro atoms. The second kappa shape index (κ2) is 6.88. The average molecular weight is 379 g/mol. The lowest BCUT2D eigenvalue weighted by Crippen LogP contribution is -2.13. The van der Waals surface area contributed by atoms with Crippen LogP contribution in [0, 0.1) is 6.92 Å². The van der Waals surface area contributed by atoms with Crippen molar-refractivity contribution in [3.05, 3.63) is 52.9 Å². The predicted octanol–water partition coefficient (Wildman–Crippen LogP) is 4.43. The topological polar surface area (TPSA) is 93.8 Å². The van der Waals surface area contributed by atoms with Gasteiger partial charge in [0.15, 0.2) is 5.13 Å². The van der Waals surface area contributed by atoms with Gasteiger partial charge in [0.05, 0.1) is 22.3 Å². The van der Waals surface area contributed by atoms with Crippen molar-refractivity contribution in [3.8, 4) is 11.3 Å². The quantitative estimate of drug-likeness (QED) is 0.564. The lowest BCUT2D eigenvalue weighted by atomic mass is 10.0. The van der Waals surface area contributed by atoms with Crippen LogP contribution in [0.25, 0.3) is 22.4 Å². The average Bonchev–Trinajstić information content (AvgIpc) is 3.29. The highest BCUT2D eigenvalue weighted by molar-refractivity contribution is 7.14. The number of rotatable bonds is 4. The summed E-state index contributed by atoms with van der Waals surface area (Å²) in [6.45, 7) is 5.82. The number of fused-ring (bicyclic) bond motifs is 1. The number of hydrogen-bond acceptors (Lipinski definition) is 7. The van der Waals surface area contributed by atoms with E-state index >= 15 is 0 Å². The van der Waals surface area contributed by atoms with Crippen LogP contribution in [0.4, 0.5) is 5.13 Å². The van der Waals surface area contributed by atoms with Gasteiger partial charge < -0.3 is 4.52 Å². The molecular weight excluding hydrogens is 362 g/mol. The van der Waals surface area contributed by atoms with Gasteiger partial charge in [-0.3, -0.25) is 15.1 Å². The van der Waals surface area contributed by atoms with Crippen LogP contribution >= 0.6 is 11.3 Å². The van der Waals surface area contributed by atoms with E-state index in [1.165, 1.54) is 11.3 Å². The van der Waals surface area contributed by atoms with E-state index in [4.69, 9.17) is 4.52 Å². The van der Waals surface area contributed by atoms with Crippen molar-refractivity contribution >= 4 is 33.5 Å². The molecule has 4 rings (SSSR count). The molecule has 0 aliphatic rings. The summed E-state index contributed by atoms with van der Waals surface area (Å²) in [5, 5.41) is 9.86. The van der Waals surface area contributed by atoms with Crippen LogP contribution in [0.2, 0.25) is 0 Å². The number of nitrogens with one attached hydrogen (secondary N) is 1. The summed E-state index contributed by atoms with van der Waals surface area (Å²) in [6, 6.07) is 5.57. The van der Waals surface area contributed by atoms with Gasteiger partial charge in [0.25, 0.3) is 11.6 Å². The fourth-order valence-corrected chi connectivity index (χ4v) is 3.45. The molecule has 0 saturated carbocycles. The maximum Gasteiger partial charge on any atom is 0.259 e. The summed E-state index contributed by atoms with van der Waals surface area (Å²) in [7, 11) is 0. The van der Waals surface area contributed by atoms with Gasteiger partial charge in [-0.15, -0.1) is 11.3 Å². The van der Waals surface area contributed by atoms with Crippen LogP contribution in [0.1, 0.15) is 41.5 Å².